The fraction of sp³-hybridized carbons (Fsp3) is 0.750. The summed E-state index contributed by atoms with van der Waals surface area (Å²) >= 11 is 0. The van der Waals surface area contributed by atoms with E-state index in [0.717, 1.165) is 31.7 Å². The molecule has 0 aliphatic carbocycles. The predicted octanol–water partition coefficient (Wildman–Crippen LogP) is 1.89. The van der Waals surface area contributed by atoms with Crippen LogP contribution in [-0.2, 0) is 4.74 Å². The lowest BCUT2D eigenvalue weighted by molar-refractivity contribution is 0.0983. The number of nitrogens with one attached hydrogen (secondary N) is 1. The molecule has 2 aliphatic heterocycles. The second-order valence-electron chi connectivity index (χ2n) is 6.29. The average molecular weight is 334 g/mol. The average Bonchev–Trinajstić information content (AvgIpc) is 2.63. The van der Waals surface area contributed by atoms with Crippen LogP contribution in [-0.4, -0.2) is 65.0 Å². The van der Waals surface area contributed by atoms with Gasteiger partial charge in [0.2, 0.25) is 5.95 Å². The van der Waals surface area contributed by atoms with Crippen LogP contribution >= 0.6 is 0 Å². The lowest BCUT2D eigenvalue weighted by Crippen LogP contribution is -2.42. The van der Waals surface area contributed by atoms with Crippen LogP contribution in [0.2, 0.25) is 0 Å². The Labute approximate surface area is 142 Å². The third-order valence-corrected chi connectivity index (χ3v) is 4.56. The number of carbonyl (C=O) groups excluding carboxylic acids is 1. The summed E-state index contributed by atoms with van der Waals surface area (Å²) in [6, 6.07) is 0.293. The zero-order valence-corrected chi connectivity index (χ0v) is 14.3. The van der Waals surface area contributed by atoms with Gasteiger partial charge in [-0.3, -0.25) is 0 Å². The summed E-state index contributed by atoms with van der Waals surface area (Å²) < 4.78 is 5.05. The highest BCUT2D eigenvalue weighted by Gasteiger charge is 2.24. The smallest absolute Gasteiger partial charge is 0.409 e. The molecule has 24 heavy (non-hydrogen) atoms. The van der Waals surface area contributed by atoms with Crippen molar-refractivity contribution in [2.24, 2.45) is 0 Å². The number of aromatic nitrogens is 3. The van der Waals surface area contributed by atoms with Crippen LogP contribution in [0.3, 0.4) is 0 Å². The van der Waals surface area contributed by atoms with Gasteiger partial charge in [-0.15, -0.1) is 5.10 Å². The monoisotopic (exact) mass is 334 g/mol. The van der Waals surface area contributed by atoms with Crippen molar-refractivity contribution in [1.82, 2.24) is 20.1 Å². The van der Waals surface area contributed by atoms with E-state index in [1.54, 1.807) is 11.1 Å². The number of anilines is 2. The lowest BCUT2D eigenvalue weighted by atomic mass is 10.1. The quantitative estimate of drug-likeness (QED) is 0.900. The van der Waals surface area contributed by atoms with Gasteiger partial charge in [-0.1, -0.05) is 0 Å². The maximum absolute atomic E-state index is 11.7. The van der Waals surface area contributed by atoms with Crippen molar-refractivity contribution in [3.05, 3.63) is 6.20 Å². The highest BCUT2D eigenvalue weighted by molar-refractivity contribution is 5.67. The van der Waals surface area contributed by atoms with E-state index in [4.69, 9.17) is 4.74 Å². The van der Waals surface area contributed by atoms with Crippen molar-refractivity contribution in [3.63, 3.8) is 0 Å². The van der Waals surface area contributed by atoms with Crippen LogP contribution in [0.1, 0.15) is 39.0 Å². The Bertz CT molecular complexity index is 541. The summed E-state index contributed by atoms with van der Waals surface area (Å²) in [5.41, 5.74) is 0. The first-order valence-corrected chi connectivity index (χ1v) is 8.89. The van der Waals surface area contributed by atoms with Gasteiger partial charge in [0.25, 0.3) is 0 Å². The van der Waals surface area contributed by atoms with Gasteiger partial charge in [-0.2, -0.15) is 10.1 Å². The van der Waals surface area contributed by atoms with Crippen LogP contribution in [0, 0.1) is 0 Å². The summed E-state index contributed by atoms with van der Waals surface area (Å²) in [5.74, 6) is 1.48. The van der Waals surface area contributed by atoms with E-state index in [0.29, 0.717) is 31.7 Å². The van der Waals surface area contributed by atoms with Gasteiger partial charge in [0, 0.05) is 32.2 Å². The fourth-order valence-corrected chi connectivity index (χ4v) is 3.22. The topological polar surface area (TPSA) is 83.5 Å². The minimum absolute atomic E-state index is 0.216. The number of carbonyl (C=O) groups is 1. The molecule has 2 saturated heterocycles. The molecular formula is C16H26N6O2. The van der Waals surface area contributed by atoms with Gasteiger partial charge in [-0.05, 0) is 39.0 Å². The molecule has 132 valence electrons. The molecule has 1 aromatic rings. The Morgan fingerprint density at radius 1 is 1.25 bits per heavy atom. The van der Waals surface area contributed by atoms with Crippen molar-refractivity contribution in [3.8, 4) is 0 Å². The number of rotatable bonds is 4. The highest BCUT2D eigenvalue weighted by Crippen LogP contribution is 2.19. The highest BCUT2D eigenvalue weighted by atomic mass is 16.6. The van der Waals surface area contributed by atoms with E-state index in [-0.39, 0.29) is 6.09 Å². The van der Waals surface area contributed by atoms with E-state index in [1.807, 2.05) is 6.92 Å². The first kappa shape index (κ1) is 16.7. The van der Waals surface area contributed by atoms with Gasteiger partial charge >= 0.3 is 6.09 Å². The third-order valence-electron chi connectivity index (χ3n) is 4.56. The first-order chi connectivity index (χ1) is 11.8. The molecule has 0 atom stereocenters. The molecule has 8 heteroatoms. The number of piperidine rings is 2. The number of ether oxygens (including phenoxy) is 1. The maximum atomic E-state index is 11.7. The van der Waals surface area contributed by atoms with Crippen molar-refractivity contribution in [2.75, 3.05) is 43.0 Å². The summed E-state index contributed by atoms with van der Waals surface area (Å²) in [4.78, 5) is 20.3. The largest absolute Gasteiger partial charge is 0.450 e. The number of hydrogen-bond donors (Lipinski definition) is 1. The van der Waals surface area contributed by atoms with Crippen LogP contribution in [0.15, 0.2) is 6.20 Å². The Balaban J connectivity index is 1.52. The van der Waals surface area contributed by atoms with E-state index in [1.165, 1.54) is 19.3 Å². The Morgan fingerprint density at radius 3 is 2.71 bits per heavy atom. The molecule has 1 N–H and O–H groups in total. The molecule has 1 amide bonds. The number of likely N-dealkylation sites (tertiary alicyclic amines) is 1. The zero-order chi connectivity index (χ0) is 16.8. The maximum Gasteiger partial charge on any atom is 0.409 e. The molecule has 0 unspecified atom stereocenters. The molecule has 0 radical (unpaired) electrons. The summed E-state index contributed by atoms with van der Waals surface area (Å²) in [7, 11) is 0. The number of amides is 1. The molecular weight excluding hydrogens is 308 g/mol. The second kappa shape index (κ2) is 8.12. The lowest BCUT2D eigenvalue weighted by Gasteiger charge is -2.32. The molecule has 0 saturated carbocycles. The van der Waals surface area contributed by atoms with E-state index in [9.17, 15) is 4.79 Å². The molecule has 1 aromatic heterocycles. The SMILES string of the molecule is CCOC(=O)N1CCC(Nc2cnnc(N3CCCCC3)n2)CC1. The Hall–Kier alpha value is -2.12. The van der Waals surface area contributed by atoms with Crippen LogP contribution < -0.4 is 10.2 Å². The van der Waals surface area contributed by atoms with Crippen molar-refractivity contribution in [1.29, 1.82) is 0 Å². The molecule has 0 spiro atoms. The Morgan fingerprint density at radius 2 is 2.00 bits per heavy atom. The normalized spacial score (nSPS) is 19.2. The fourth-order valence-electron chi connectivity index (χ4n) is 3.22. The number of nitrogens with zero attached hydrogens (tertiary/aromatic N) is 5. The summed E-state index contributed by atoms with van der Waals surface area (Å²) in [5, 5.41) is 11.7. The van der Waals surface area contributed by atoms with Crippen LogP contribution in [0.4, 0.5) is 16.6 Å². The zero-order valence-electron chi connectivity index (χ0n) is 14.3. The summed E-state index contributed by atoms with van der Waals surface area (Å²) in [6.07, 6.45) is 6.86. The predicted molar refractivity (Wildman–Crippen MR) is 91.1 cm³/mol. The van der Waals surface area contributed by atoms with E-state index >= 15 is 0 Å². The molecule has 3 heterocycles. The van der Waals surface area contributed by atoms with Gasteiger partial charge in [0.1, 0.15) is 0 Å². The second-order valence-corrected chi connectivity index (χ2v) is 6.29. The number of hydrogen-bond acceptors (Lipinski definition) is 7. The molecule has 8 nitrogen and oxygen atoms in total. The van der Waals surface area contributed by atoms with Gasteiger partial charge in [0.15, 0.2) is 5.82 Å². The summed E-state index contributed by atoms with van der Waals surface area (Å²) in [6.45, 7) is 5.66. The van der Waals surface area contributed by atoms with Crippen molar-refractivity contribution in [2.45, 2.75) is 45.1 Å². The van der Waals surface area contributed by atoms with Crippen LogP contribution in [0.5, 0.6) is 0 Å². The third kappa shape index (κ3) is 4.24. The van der Waals surface area contributed by atoms with E-state index < -0.39 is 0 Å². The van der Waals surface area contributed by atoms with Gasteiger partial charge < -0.3 is 19.9 Å². The first-order valence-electron chi connectivity index (χ1n) is 8.89. The van der Waals surface area contributed by atoms with Crippen molar-refractivity contribution >= 4 is 17.9 Å². The van der Waals surface area contributed by atoms with Gasteiger partial charge in [0.05, 0.1) is 12.8 Å². The molecule has 0 bridgehead atoms. The molecule has 2 fully saturated rings. The van der Waals surface area contributed by atoms with Gasteiger partial charge in [-0.25, -0.2) is 4.79 Å². The van der Waals surface area contributed by atoms with Crippen molar-refractivity contribution < 1.29 is 9.53 Å². The molecule has 2 aliphatic rings. The minimum atomic E-state index is -0.216. The van der Waals surface area contributed by atoms with E-state index in [2.05, 4.69) is 25.4 Å². The Kier molecular flexibility index (Phi) is 5.66. The molecule has 0 aromatic carbocycles. The molecule has 3 rings (SSSR count). The van der Waals surface area contributed by atoms with Crippen LogP contribution in [0.25, 0.3) is 0 Å². The standard InChI is InChI=1S/C16H26N6O2/c1-2-24-16(23)22-10-6-13(7-11-22)18-14-12-17-20-15(19-14)21-8-4-3-5-9-21/h12-13H,2-11H2,1H3,(H,18,19,20). The minimum Gasteiger partial charge on any atom is -0.450 e.